The fourth-order valence-electron chi connectivity index (χ4n) is 6.13. The molecule has 0 saturated carbocycles. The molecular weight excluding hydrogens is 472 g/mol. The van der Waals surface area contributed by atoms with Crippen molar-refractivity contribution in [2.24, 2.45) is 0 Å². The van der Waals surface area contributed by atoms with Crippen molar-refractivity contribution >= 4 is 28.4 Å². The average molecular weight is 501 g/mol. The number of allylic oxidation sites excluding steroid dienone is 2. The lowest BCUT2D eigenvalue weighted by Gasteiger charge is -2.15. The third-order valence-corrected chi connectivity index (χ3v) is 8.27. The van der Waals surface area contributed by atoms with Crippen LogP contribution < -0.4 is 0 Å². The Morgan fingerprint density at radius 2 is 1.15 bits per heavy atom. The van der Waals surface area contributed by atoms with E-state index in [1.165, 1.54) is 55.3 Å². The minimum absolute atomic E-state index is 0.990. The van der Waals surface area contributed by atoms with Crippen LogP contribution >= 0.6 is 0 Å². The quantitative estimate of drug-likeness (QED) is 0.237. The lowest BCUT2D eigenvalue weighted by atomic mass is 9.89. The minimum Gasteiger partial charge on any atom is -0.240 e. The number of nitrogens with zero attached hydrogens (tertiary/aromatic N) is 2. The van der Waals surface area contributed by atoms with E-state index in [9.17, 15) is 0 Å². The van der Waals surface area contributed by atoms with Crippen molar-refractivity contribution in [3.8, 4) is 33.5 Å². The summed E-state index contributed by atoms with van der Waals surface area (Å²) in [6.45, 7) is 0. The van der Waals surface area contributed by atoms with Gasteiger partial charge in [-0.25, -0.2) is 4.52 Å². The summed E-state index contributed by atoms with van der Waals surface area (Å²) in [5.74, 6) is 0. The molecule has 6 aromatic rings. The Labute approximate surface area is 228 Å². The van der Waals surface area contributed by atoms with Crippen molar-refractivity contribution < 1.29 is 0 Å². The summed E-state index contributed by atoms with van der Waals surface area (Å²) in [6.07, 6.45) is 15.7. The van der Waals surface area contributed by atoms with E-state index in [0.717, 1.165) is 42.5 Å². The van der Waals surface area contributed by atoms with Gasteiger partial charge in [-0.15, -0.1) is 0 Å². The largest absolute Gasteiger partial charge is 0.240 e. The average Bonchev–Trinajstić information content (AvgIpc) is 3.42. The number of rotatable bonds is 3. The fourth-order valence-corrected chi connectivity index (χ4v) is 6.13. The first-order valence-electron chi connectivity index (χ1n) is 13.9. The predicted octanol–water partition coefficient (Wildman–Crippen LogP) is 9.41. The van der Waals surface area contributed by atoms with Gasteiger partial charge in [-0.2, -0.15) is 5.10 Å². The summed E-state index contributed by atoms with van der Waals surface area (Å²) >= 11 is 0. The number of benzene rings is 4. The highest BCUT2D eigenvalue weighted by atomic mass is 15.2. The number of aromatic nitrogens is 2. The van der Waals surface area contributed by atoms with Crippen molar-refractivity contribution in [2.45, 2.75) is 25.7 Å². The molecule has 39 heavy (non-hydrogen) atoms. The van der Waals surface area contributed by atoms with Crippen LogP contribution in [0.25, 0.3) is 62.0 Å². The fraction of sp³-hybridized carbons (Fsp3) is 0.108. The third kappa shape index (κ3) is 4.00. The van der Waals surface area contributed by atoms with E-state index in [2.05, 4.69) is 121 Å². The first-order chi connectivity index (χ1) is 19.3. The van der Waals surface area contributed by atoms with Gasteiger partial charge in [-0.05, 0) is 118 Å². The highest BCUT2D eigenvalue weighted by molar-refractivity contribution is 5.87. The molecule has 0 bridgehead atoms. The molecule has 0 spiro atoms. The Bertz CT molecular complexity index is 1830. The maximum atomic E-state index is 5.04. The molecule has 8 rings (SSSR count). The summed E-state index contributed by atoms with van der Waals surface area (Å²) in [6, 6.07) is 33.7. The molecule has 2 nitrogen and oxygen atoms in total. The van der Waals surface area contributed by atoms with Crippen LogP contribution in [0, 0.1) is 0 Å². The van der Waals surface area contributed by atoms with Gasteiger partial charge in [0.2, 0.25) is 0 Å². The smallest absolute Gasteiger partial charge is 0.0934 e. The second kappa shape index (κ2) is 8.96. The molecule has 4 aromatic carbocycles. The highest BCUT2D eigenvalue weighted by Gasteiger charge is 2.14. The summed E-state index contributed by atoms with van der Waals surface area (Å²) in [4.78, 5) is 0. The molecule has 2 aliphatic rings. The van der Waals surface area contributed by atoms with Crippen molar-refractivity contribution in [3.05, 3.63) is 132 Å². The van der Waals surface area contributed by atoms with Gasteiger partial charge in [-0.1, -0.05) is 72.8 Å². The summed E-state index contributed by atoms with van der Waals surface area (Å²) in [5.41, 5.74) is 13.7. The second-order valence-electron chi connectivity index (χ2n) is 10.8. The van der Waals surface area contributed by atoms with Crippen LogP contribution in [0.5, 0.6) is 0 Å². The van der Waals surface area contributed by atoms with Crippen LogP contribution in [0.2, 0.25) is 0 Å². The maximum absolute atomic E-state index is 5.04. The Balaban J connectivity index is 1.31. The monoisotopic (exact) mass is 500 g/mol. The topological polar surface area (TPSA) is 17.3 Å². The zero-order chi connectivity index (χ0) is 25.8. The van der Waals surface area contributed by atoms with E-state index in [1.54, 1.807) is 0 Å². The molecule has 2 aromatic heterocycles. The van der Waals surface area contributed by atoms with Gasteiger partial charge in [-0.3, -0.25) is 0 Å². The lowest BCUT2D eigenvalue weighted by Crippen LogP contribution is -1.95. The van der Waals surface area contributed by atoms with E-state index in [1.807, 2.05) is 4.52 Å². The zero-order valence-corrected chi connectivity index (χ0v) is 21.8. The Kier molecular flexibility index (Phi) is 5.12. The molecule has 0 radical (unpaired) electrons. The number of hydrogen-bond donors (Lipinski definition) is 0. The Morgan fingerprint density at radius 1 is 0.538 bits per heavy atom. The van der Waals surface area contributed by atoms with Gasteiger partial charge in [0, 0.05) is 17.1 Å². The highest BCUT2D eigenvalue weighted by Crippen LogP contribution is 2.36. The van der Waals surface area contributed by atoms with Crippen LogP contribution in [0.15, 0.2) is 109 Å². The maximum Gasteiger partial charge on any atom is 0.0934 e. The van der Waals surface area contributed by atoms with Crippen LogP contribution in [-0.2, 0) is 12.8 Å². The molecule has 0 unspecified atom stereocenters. The lowest BCUT2D eigenvalue weighted by molar-refractivity contribution is 0.974. The summed E-state index contributed by atoms with van der Waals surface area (Å²) < 4.78 is 2.01. The Morgan fingerprint density at radius 3 is 1.82 bits per heavy atom. The summed E-state index contributed by atoms with van der Waals surface area (Å²) in [7, 11) is 0. The number of pyridine rings is 1. The van der Waals surface area contributed by atoms with E-state index in [-0.39, 0.29) is 0 Å². The van der Waals surface area contributed by atoms with E-state index in [0.29, 0.717) is 0 Å². The first kappa shape index (κ1) is 22.3. The van der Waals surface area contributed by atoms with Gasteiger partial charge in [0.15, 0.2) is 0 Å². The standard InChI is InChI=1S/C37H28N2/c1-3-9-27-17-30(15-13-25(27)7-1)33-19-34(31-16-14-26-8-2-4-10-28(26)18-31)21-35(20-33)37-23-36-22-29-11-5-6-12-32(29)24-39(36)38-37/h3-6,9-24H,1-2,7-8H2. The SMILES string of the molecule is C1=Cc2cc(-c3cc(-c4ccc5c(c4)C=CCC5)cc(-c4cc5cc6ccccc6cn5n4)c3)ccc2CC1. The third-order valence-electron chi connectivity index (χ3n) is 8.27. The van der Waals surface area contributed by atoms with Gasteiger partial charge in [0.1, 0.15) is 0 Å². The van der Waals surface area contributed by atoms with Crippen molar-refractivity contribution in [2.75, 3.05) is 0 Å². The molecule has 0 atom stereocenters. The zero-order valence-electron chi connectivity index (χ0n) is 21.8. The van der Waals surface area contributed by atoms with Crippen LogP contribution in [-0.4, -0.2) is 9.61 Å². The van der Waals surface area contributed by atoms with E-state index >= 15 is 0 Å². The van der Waals surface area contributed by atoms with Crippen LogP contribution in [0.3, 0.4) is 0 Å². The Hall–Kier alpha value is -4.69. The molecule has 186 valence electrons. The summed E-state index contributed by atoms with van der Waals surface area (Å²) in [5, 5.41) is 7.46. The van der Waals surface area contributed by atoms with Gasteiger partial charge < -0.3 is 0 Å². The van der Waals surface area contributed by atoms with Crippen LogP contribution in [0.1, 0.15) is 35.1 Å². The van der Waals surface area contributed by atoms with Gasteiger partial charge in [0.05, 0.1) is 11.2 Å². The molecule has 2 aliphatic carbocycles. The van der Waals surface area contributed by atoms with Crippen molar-refractivity contribution in [1.82, 2.24) is 9.61 Å². The van der Waals surface area contributed by atoms with Crippen LogP contribution in [0.4, 0.5) is 0 Å². The van der Waals surface area contributed by atoms with Crippen molar-refractivity contribution in [3.63, 3.8) is 0 Å². The normalized spacial score (nSPS) is 14.1. The molecule has 0 N–H and O–H groups in total. The van der Waals surface area contributed by atoms with Gasteiger partial charge in [0.25, 0.3) is 0 Å². The minimum atomic E-state index is 0.990. The molecule has 0 aliphatic heterocycles. The van der Waals surface area contributed by atoms with Crippen molar-refractivity contribution in [1.29, 1.82) is 0 Å². The number of aryl methyl sites for hydroxylation is 2. The molecule has 0 amide bonds. The predicted molar refractivity (Wildman–Crippen MR) is 164 cm³/mol. The molecule has 2 heteroatoms. The van der Waals surface area contributed by atoms with E-state index in [4.69, 9.17) is 5.10 Å². The van der Waals surface area contributed by atoms with Gasteiger partial charge >= 0.3 is 0 Å². The molecular formula is C37H28N2. The first-order valence-corrected chi connectivity index (χ1v) is 13.9. The van der Waals surface area contributed by atoms with E-state index < -0.39 is 0 Å². The molecule has 2 heterocycles. The molecule has 0 saturated heterocycles. The number of fused-ring (bicyclic) bond motifs is 4. The number of hydrogen-bond acceptors (Lipinski definition) is 1. The second-order valence-corrected chi connectivity index (χ2v) is 10.8. The molecule has 0 fully saturated rings.